The molecule has 10 heteroatoms. The molecule has 0 atom stereocenters. The minimum absolute atomic E-state index is 0.00166. The molecule has 9 nitrogen and oxygen atoms in total. The third-order valence-electron chi connectivity index (χ3n) is 5.45. The normalized spacial score (nSPS) is 14.1. The molecule has 0 radical (unpaired) electrons. The van der Waals surface area contributed by atoms with Crippen molar-refractivity contribution in [2.45, 2.75) is 20.1 Å². The number of rotatable bonds is 9. The molecule has 1 fully saturated rings. The lowest BCUT2D eigenvalue weighted by Gasteiger charge is -2.13. The van der Waals surface area contributed by atoms with E-state index in [1.165, 1.54) is 12.1 Å². The zero-order valence-electron chi connectivity index (χ0n) is 19.7. The SMILES string of the molecule is CCOc1cc(/C=C2/SC(=O)N(Cc3ccccc3C#N)C2=O)ccc1OCc1ccc([N+](=O)[O-])cc1. The van der Waals surface area contributed by atoms with Gasteiger partial charge in [0.2, 0.25) is 0 Å². The van der Waals surface area contributed by atoms with Crippen LogP contribution in [0.4, 0.5) is 10.5 Å². The number of thioether (sulfide) groups is 1. The highest BCUT2D eigenvalue weighted by molar-refractivity contribution is 8.18. The monoisotopic (exact) mass is 515 g/mol. The first-order valence-corrected chi connectivity index (χ1v) is 12.1. The van der Waals surface area contributed by atoms with Crippen molar-refractivity contribution < 1.29 is 24.0 Å². The number of imide groups is 1. The van der Waals surface area contributed by atoms with Crippen molar-refractivity contribution in [3.05, 3.63) is 104 Å². The number of nitriles is 1. The van der Waals surface area contributed by atoms with Crippen molar-refractivity contribution in [1.82, 2.24) is 4.90 Å². The van der Waals surface area contributed by atoms with Gasteiger partial charge < -0.3 is 9.47 Å². The standard InChI is InChI=1S/C27H21N3O6S/c1-2-35-24-13-19(9-12-23(24)36-17-18-7-10-22(11-8-18)30(33)34)14-25-26(31)29(27(32)37-25)16-21-6-4-3-5-20(21)15-28/h3-14H,2,16-17H2,1H3/b25-14+. The number of nitro groups is 1. The lowest BCUT2D eigenvalue weighted by Crippen LogP contribution is -2.27. The molecule has 1 aliphatic heterocycles. The molecule has 4 rings (SSSR count). The van der Waals surface area contributed by atoms with Crippen LogP contribution in [-0.4, -0.2) is 27.6 Å². The third kappa shape index (κ3) is 5.97. The Hall–Kier alpha value is -4.62. The number of hydrogen-bond donors (Lipinski definition) is 0. The zero-order chi connectivity index (χ0) is 26.4. The molecule has 186 valence electrons. The van der Waals surface area contributed by atoms with Crippen LogP contribution in [0.2, 0.25) is 0 Å². The molecule has 1 saturated heterocycles. The first-order chi connectivity index (χ1) is 17.9. The molecule has 0 saturated carbocycles. The molecule has 0 aromatic heterocycles. The average molecular weight is 516 g/mol. The van der Waals surface area contributed by atoms with E-state index < -0.39 is 16.1 Å². The van der Waals surface area contributed by atoms with Gasteiger partial charge in [-0.2, -0.15) is 5.26 Å². The molecule has 0 aliphatic carbocycles. The predicted molar refractivity (Wildman–Crippen MR) is 138 cm³/mol. The van der Waals surface area contributed by atoms with Crippen LogP contribution < -0.4 is 9.47 Å². The van der Waals surface area contributed by atoms with Gasteiger partial charge in [0.1, 0.15) is 6.61 Å². The zero-order valence-corrected chi connectivity index (χ0v) is 20.6. The number of carbonyl (C=O) groups excluding carboxylic acids is 2. The number of nitro benzene ring substituents is 1. The largest absolute Gasteiger partial charge is 0.490 e. The van der Waals surface area contributed by atoms with Gasteiger partial charge in [-0.25, -0.2) is 0 Å². The summed E-state index contributed by atoms with van der Waals surface area (Å²) in [5.74, 6) is 0.498. The molecule has 0 spiro atoms. The molecule has 0 N–H and O–H groups in total. The topological polar surface area (TPSA) is 123 Å². The summed E-state index contributed by atoms with van der Waals surface area (Å²) in [7, 11) is 0. The van der Waals surface area contributed by atoms with Crippen LogP contribution in [-0.2, 0) is 17.9 Å². The van der Waals surface area contributed by atoms with Gasteiger partial charge in [0.25, 0.3) is 16.8 Å². The molecule has 1 heterocycles. The minimum Gasteiger partial charge on any atom is -0.490 e. The minimum atomic E-state index is -0.462. The van der Waals surface area contributed by atoms with Gasteiger partial charge in [0.15, 0.2) is 11.5 Å². The number of amides is 2. The first kappa shape index (κ1) is 25.5. The van der Waals surface area contributed by atoms with Crippen LogP contribution in [0.15, 0.2) is 71.6 Å². The molecular formula is C27H21N3O6S. The predicted octanol–water partition coefficient (Wildman–Crippen LogP) is 5.68. The molecule has 1 aliphatic rings. The van der Waals surface area contributed by atoms with Gasteiger partial charge in [0, 0.05) is 12.1 Å². The maximum Gasteiger partial charge on any atom is 0.293 e. The van der Waals surface area contributed by atoms with E-state index in [9.17, 15) is 25.0 Å². The van der Waals surface area contributed by atoms with Crippen LogP contribution in [0.5, 0.6) is 11.5 Å². The lowest BCUT2D eigenvalue weighted by molar-refractivity contribution is -0.384. The summed E-state index contributed by atoms with van der Waals surface area (Å²) >= 11 is 0.839. The number of nitrogens with zero attached hydrogens (tertiary/aromatic N) is 3. The molecule has 3 aromatic carbocycles. The van der Waals surface area contributed by atoms with Crippen molar-refractivity contribution in [1.29, 1.82) is 5.26 Å². The second-order valence-electron chi connectivity index (χ2n) is 7.89. The lowest BCUT2D eigenvalue weighted by atomic mass is 10.1. The summed E-state index contributed by atoms with van der Waals surface area (Å²) in [4.78, 5) is 37.3. The Morgan fingerprint density at radius 2 is 1.81 bits per heavy atom. The van der Waals surface area contributed by atoms with E-state index in [0.717, 1.165) is 22.2 Å². The van der Waals surface area contributed by atoms with Crippen LogP contribution in [0, 0.1) is 21.4 Å². The Balaban J connectivity index is 1.50. The number of non-ortho nitro benzene ring substituents is 1. The summed E-state index contributed by atoms with van der Waals surface area (Å²) in [6.45, 7) is 2.41. The van der Waals surface area contributed by atoms with Gasteiger partial charge in [-0.1, -0.05) is 24.3 Å². The molecule has 37 heavy (non-hydrogen) atoms. The number of ether oxygens (including phenoxy) is 2. The van der Waals surface area contributed by atoms with Gasteiger partial charge in [-0.05, 0) is 71.8 Å². The Labute approximate surface area is 217 Å². The average Bonchev–Trinajstić information content (AvgIpc) is 3.16. The van der Waals surface area contributed by atoms with E-state index in [0.29, 0.717) is 34.8 Å². The molecule has 2 amide bonds. The van der Waals surface area contributed by atoms with Crippen LogP contribution >= 0.6 is 11.8 Å². The van der Waals surface area contributed by atoms with Gasteiger partial charge in [-0.3, -0.25) is 24.6 Å². The number of hydrogen-bond acceptors (Lipinski definition) is 8. The van der Waals surface area contributed by atoms with Gasteiger partial charge in [0.05, 0.1) is 34.6 Å². The maximum atomic E-state index is 13.0. The van der Waals surface area contributed by atoms with Crippen molar-refractivity contribution >= 4 is 34.7 Å². The summed E-state index contributed by atoms with van der Waals surface area (Å²) in [5, 5.41) is 19.7. The van der Waals surface area contributed by atoms with Gasteiger partial charge in [-0.15, -0.1) is 0 Å². The summed E-state index contributed by atoms with van der Waals surface area (Å²) < 4.78 is 11.6. The van der Waals surface area contributed by atoms with Crippen molar-refractivity contribution in [2.75, 3.05) is 6.61 Å². The summed E-state index contributed by atoms with van der Waals surface area (Å²) in [6, 6.07) is 20.2. The van der Waals surface area contributed by atoms with E-state index in [1.807, 2.05) is 6.92 Å². The Bertz CT molecular complexity index is 1430. The number of carbonyl (C=O) groups is 2. The Kier molecular flexibility index (Phi) is 7.86. The van der Waals surface area contributed by atoms with E-state index in [-0.39, 0.29) is 23.7 Å². The fourth-order valence-corrected chi connectivity index (χ4v) is 4.44. The van der Waals surface area contributed by atoms with E-state index in [1.54, 1.807) is 60.7 Å². The summed E-state index contributed by atoms with van der Waals surface area (Å²) in [6.07, 6.45) is 1.61. The smallest absolute Gasteiger partial charge is 0.293 e. The summed E-state index contributed by atoms with van der Waals surface area (Å²) in [5.41, 5.74) is 2.41. The quantitative estimate of drug-likeness (QED) is 0.203. The second kappa shape index (κ2) is 11.4. The van der Waals surface area contributed by atoms with Gasteiger partial charge >= 0.3 is 0 Å². The number of benzene rings is 3. The first-order valence-electron chi connectivity index (χ1n) is 11.3. The third-order valence-corrected chi connectivity index (χ3v) is 6.35. The van der Waals surface area contributed by atoms with Crippen molar-refractivity contribution in [3.63, 3.8) is 0 Å². The molecule has 0 bridgehead atoms. The van der Waals surface area contributed by atoms with Crippen molar-refractivity contribution in [2.24, 2.45) is 0 Å². The fourth-order valence-electron chi connectivity index (χ4n) is 3.60. The van der Waals surface area contributed by atoms with E-state index in [4.69, 9.17) is 9.47 Å². The highest BCUT2D eigenvalue weighted by atomic mass is 32.2. The maximum absolute atomic E-state index is 13.0. The Morgan fingerprint density at radius 3 is 2.51 bits per heavy atom. The van der Waals surface area contributed by atoms with Crippen LogP contribution in [0.1, 0.15) is 29.2 Å². The molecular weight excluding hydrogens is 494 g/mol. The van der Waals surface area contributed by atoms with Crippen molar-refractivity contribution in [3.8, 4) is 17.6 Å². The highest BCUT2D eigenvalue weighted by Crippen LogP contribution is 2.36. The van der Waals surface area contributed by atoms with E-state index >= 15 is 0 Å². The second-order valence-corrected chi connectivity index (χ2v) is 8.88. The van der Waals surface area contributed by atoms with Crippen LogP contribution in [0.3, 0.4) is 0 Å². The Morgan fingerprint density at radius 1 is 1.05 bits per heavy atom. The molecule has 3 aromatic rings. The van der Waals surface area contributed by atoms with Crippen LogP contribution in [0.25, 0.3) is 6.08 Å². The van der Waals surface area contributed by atoms with E-state index in [2.05, 4.69) is 6.07 Å². The molecule has 0 unspecified atom stereocenters. The fraction of sp³-hybridized carbons (Fsp3) is 0.148. The highest BCUT2D eigenvalue weighted by Gasteiger charge is 2.35.